The molecule has 3 heterocycles. The first kappa shape index (κ1) is 23.4. The molecule has 0 radical (unpaired) electrons. The van der Waals surface area contributed by atoms with Gasteiger partial charge < -0.3 is 14.4 Å². The molecule has 0 bridgehead atoms. The van der Waals surface area contributed by atoms with Crippen LogP contribution in [0.1, 0.15) is 5.56 Å². The fraction of sp³-hybridized carbons (Fsp3) is 0.172. The molecule has 0 saturated carbocycles. The summed E-state index contributed by atoms with van der Waals surface area (Å²) in [4.78, 5) is 22.1. The number of rotatable bonds is 5. The molecule has 1 aliphatic rings. The number of thiazole rings is 1. The lowest BCUT2D eigenvalue weighted by Gasteiger charge is -2.36. The maximum Gasteiger partial charge on any atom is 0.346 e. The molecule has 3 aromatic carbocycles. The lowest BCUT2D eigenvalue weighted by atomic mass is 10.1. The van der Waals surface area contributed by atoms with Crippen LogP contribution in [0.3, 0.4) is 0 Å². The van der Waals surface area contributed by atoms with E-state index in [0.29, 0.717) is 28.3 Å². The lowest BCUT2D eigenvalue weighted by molar-refractivity contribution is 0.246. The third kappa shape index (κ3) is 4.73. The van der Waals surface area contributed by atoms with E-state index in [4.69, 9.17) is 4.42 Å². The second-order valence-corrected chi connectivity index (χ2v) is 9.93. The molecule has 0 amide bonds. The number of benzene rings is 3. The fourth-order valence-electron chi connectivity index (χ4n) is 4.71. The maximum atomic E-state index is 13.3. The van der Waals surface area contributed by atoms with E-state index in [0.717, 1.165) is 48.5 Å². The number of nitrogens with zero attached hydrogens (tertiary/aromatic N) is 3. The molecule has 0 spiro atoms. The Balaban J connectivity index is 1.24. The average molecular weight is 514 g/mol. The average Bonchev–Trinajstić information content (AvgIpc) is 3.42. The summed E-state index contributed by atoms with van der Waals surface area (Å²) in [5.41, 5.74) is 3.71. The van der Waals surface area contributed by atoms with E-state index in [1.165, 1.54) is 23.5 Å². The highest BCUT2D eigenvalue weighted by Gasteiger charge is 2.22. The predicted molar refractivity (Wildman–Crippen MR) is 145 cm³/mol. The number of halogens is 1. The predicted octanol–water partition coefficient (Wildman–Crippen LogP) is 5.75. The Morgan fingerprint density at radius 1 is 0.973 bits per heavy atom. The zero-order chi connectivity index (χ0) is 25.4. The van der Waals surface area contributed by atoms with Gasteiger partial charge in [0.25, 0.3) is 0 Å². The number of aromatic nitrogens is 1. The van der Waals surface area contributed by atoms with E-state index in [2.05, 4.69) is 14.8 Å². The molecule has 1 N–H and O–H groups in total. The highest BCUT2D eigenvalue weighted by Crippen LogP contribution is 2.32. The van der Waals surface area contributed by atoms with Gasteiger partial charge in [0, 0.05) is 54.7 Å². The summed E-state index contributed by atoms with van der Waals surface area (Å²) in [6.07, 6.45) is 0. The van der Waals surface area contributed by atoms with Crippen LogP contribution in [0.25, 0.3) is 32.8 Å². The molecule has 1 aliphatic heterocycles. The highest BCUT2D eigenvalue weighted by molar-refractivity contribution is 7.13. The zero-order valence-corrected chi connectivity index (χ0v) is 20.7. The molecular weight excluding hydrogens is 489 g/mol. The van der Waals surface area contributed by atoms with Gasteiger partial charge in [0.05, 0.1) is 16.8 Å². The maximum absolute atomic E-state index is 13.3. The standard InChI is InChI=1S/C29H24FN3O3S/c30-21-7-9-22(10-8-21)33-14-12-32(13-15-33)17-24-26(34)11-6-20-16-23(29(35)36-27(20)24)28-31-25(18-37-28)19-4-2-1-3-5-19/h1-11,16,18,34H,12-15,17H2. The summed E-state index contributed by atoms with van der Waals surface area (Å²) >= 11 is 1.40. The normalized spacial score (nSPS) is 14.4. The molecule has 6 nitrogen and oxygen atoms in total. The SMILES string of the molecule is O=c1oc2c(CN3CCN(c4ccc(F)cc4)CC3)c(O)ccc2cc1-c1nc(-c2ccccc2)cs1. The molecule has 1 saturated heterocycles. The van der Waals surface area contributed by atoms with Crippen LogP contribution in [0, 0.1) is 5.82 Å². The van der Waals surface area contributed by atoms with Gasteiger partial charge in [-0.3, -0.25) is 4.90 Å². The Bertz CT molecular complexity index is 1610. The monoisotopic (exact) mass is 513 g/mol. The summed E-state index contributed by atoms with van der Waals surface area (Å²) in [6, 6.07) is 21.6. The number of fused-ring (bicyclic) bond motifs is 1. The minimum atomic E-state index is -0.477. The van der Waals surface area contributed by atoms with Crippen LogP contribution < -0.4 is 10.5 Å². The highest BCUT2D eigenvalue weighted by atomic mass is 32.1. The van der Waals surface area contributed by atoms with E-state index in [-0.39, 0.29) is 11.6 Å². The Labute approximate surface area is 216 Å². The van der Waals surface area contributed by atoms with Gasteiger partial charge in [-0.15, -0.1) is 11.3 Å². The molecule has 0 atom stereocenters. The van der Waals surface area contributed by atoms with Gasteiger partial charge in [0.2, 0.25) is 0 Å². The number of hydrogen-bond donors (Lipinski definition) is 1. The molecule has 8 heteroatoms. The van der Waals surface area contributed by atoms with Crippen LogP contribution in [-0.2, 0) is 6.54 Å². The Morgan fingerprint density at radius 3 is 2.49 bits per heavy atom. The summed E-state index contributed by atoms with van der Waals surface area (Å²) < 4.78 is 19.1. The van der Waals surface area contributed by atoms with E-state index < -0.39 is 5.63 Å². The van der Waals surface area contributed by atoms with Gasteiger partial charge in [0.15, 0.2) is 0 Å². The van der Waals surface area contributed by atoms with Crippen molar-refractivity contribution in [2.45, 2.75) is 6.54 Å². The number of hydrogen-bond acceptors (Lipinski definition) is 7. The Morgan fingerprint density at radius 2 is 1.73 bits per heavy atom. The van der Waals surface area contributed by atoms with Crippen LogP contribution in [0.5, 0.6) is 5.75 Å². The van der Waals surface area contributed by atoms with Gasteiger partial charge in [0.1, 0.15) is 22.2 Å². The van der Waals surface area contributed by atoms with Crippen LogP contribution >= 0.6 is 11.3 Å². The molecule has 0 unspecified atom stereocenters. The quantitative estimate of drug-likeness (QED) is 0.302. The number of aromatic hydroxyl groups is 1. The number of piperazine rings is 1. The second-order valence-electron chi connectivity index (χ2n) is 9.07. The van der Waals surface area contributed by atoms with Crippen molar-refractivity contribution in [1.82, 2.24) is 9.88 Å². The van der Waals surface area contributed by atoms with Gasteiger partial charge in [-0.1, -0.05) is 30.3 Å². The molecule has 37 heavy (non-hydrogen) atoms. The van der Waals surface area contributed by atoms with Crippen LogP contribution in [0.2, 0.25) is 0 Å². The number of phenolic OH excluding ortho intramolecular Hbond substituents is 1. The largest absolute Gasteiger partial charge is 0.507 e. The lowest BCUT2D eigenvalue weighted by Crippen LogP contribution is -2.46. The number of anilines is 1. The van der Waals surface area contributed by atoms with Gasteiger partial charge >= 0.3 is 5.63 Å². The third-order valence-corrected chi connectivity index (χ3v) is 7.61. The van der Waals surface area contributed by atoms with Gasteiger partial charge in [-0.2, -0.15) is 0 Å². The van der Waals surface area contributed by atoms with Crippen molar-refractivity contribution < 1.29 is 13.9 Å². The van der Waals surface area contributed by atoms with Crippen LogP contribution in [0.4, 0.5) is 10.1 Å². The summed E-state index contributed by atoms with van der Waals surface area (Å²) in [5.74, 6) is -0.144. The van der Waals surface area contributed by atoms with E-state index in [9.17, 15) is 14.3 Å². The molecule has 5 aromatic rings. The summed E-state index contributed by atoms with van der Waals surface area (Å²) in [6.45, 7) is 3.53. The van der Waals surface area contributed by atoms with Crippen LogP contribution in [-0.4, -0.2) is 41.2 Å². The smallest absolute Gasteiger partial charge is 0.346 e. The summed E-state index contributed by atoms with van der Waals surface area (Å²) in [7, 11) is 0. The van der Waals surface area contributed by atoms with Crippen molar-refractivity contribution in [2.75, 3.05) is 31.1 Å². The first-order valence-corrected chi connectivity index (χ1v) is 13.0. The zero-order valence-electron chi connectivity index (χ0n) is 19.9. The minimum Gasteiger partial charge on any atom is -0.507 e. The van der Waals surface area contributed by atoms with Crippen molar-refractivity contribution in [3.63, 3.8) is 0 Å². The van der Waals surface area contributed by atoms with Crippen molar-refractivity contribution in [1.29, 1.82) is 0 Å². The van der Waals surface area contributed by atoms with Crippen molar-refractivity contribution >= 4 is 28.0 Å². The number of phenols is 1. The van der Waals surface area contributed by atoms with E-state index in [1.807, 2.05) is 35.7 Å². The molecule has 186 valence electrons. The third-order valence-electron chi connectivity index (χ3n) is 6.73. The second kappa shape index (κ2) is 9.80. The van der Waals surface area contributed by atoms with E-state index in [1.54, 1.807) is 30.3 Å². The van der Waals surface area contributed by atoms with Crippen molar-refractivity contribution in [3.05, 3.63) is 100.0 Å². The first-order valence-electron chi connectivity index (χ1n) is 12.1. The molecular formula is C29H24FN3O3S. The van der Waals surface area contributed by atoms with Crippen LogP contribution in [0.15, 0.2) is 87.4 Å². The van der Waals surface area contributed by atoms with Crippen molar-refractivity contribution in [2.24, 2.45) is 0 Å². The molecule has 2 aromatic heterocycles. The Kier molecular flexibility index (Phi) is 6.20. The van der Waals surface area contributed by atoms with Crippen molar-refractivity contribution in [3.8, 4) is 27.6 Å². The molecule has 0 aliphatic carbocycles. The van der Waals surface area contributed by atoms with E-state index >= 15 is 0 Å². The summed E-state index contributed by atoms with van der Waals surface area (Å²) in [5, 5.41) is 13.9. The topological polar surface area (TPSA) is 69.8 Å². The Hall–Kier alpha value is -4.01. The van der Waals surface area contributed by atoms with Gasteiger partial charge in [-0.25, -0.2) is 14.2 Å². The fourth-order valence-corrected chi connectivity index (χ4v) is 5.54. The minimum absolute atomic E-state index is 0.102. The van der Waals surface area contributed by atoms with Gasteiger partial charge in [-0.05, 0) is 42.5 Å². The molecule has 1 fully saturated rings. The first-order chi connectivity index (χ1) is 18.0. The molecule has 6 rings (SSSR count).